The van der Waals surface area contributed by atoms with Crippen molar-refractivity contribution in [1.29, 1.82) is 5.26 Å². The minimum Gasteiger partial charge on any atom is -0.467 e. The lowest BCUT2D eigenvalue weighted by atomic mass is 10.1. The molecular weight excluding hydrogens is 305 g/mol. The Labute approximate surface area is 122 Å². The molecule has 116 valence electrons. The van der Waals surface area contributed by atoms with Crippen LogP contribution in [0.5, 0.6) is 0 Å². The van der Waals surface area contributed by atoms with Crippen molar-refractivity contribution in [3.63, 3.8) is 0 Å². The maximum Gasteiger partial charge on any atom is 0.417 e. The van der Waals surface area contributed by atoms with Crippen molar-refractivity contribution < 1.29 is 32.2 Å². The lowest BCUT2D eigenvalue weighted by molar-refractivity contribution is -0.142. The van der Waals surface area contributed by atoms with Gasteiger partial charge in [0.1, 0.15) is 6.61 Å². The summed E-state index contributed by atoms with van der Waals surface area (Å²) >= 11 is 0. The van der Waals surface area contributed by atoms with Gasteiger partial charge < -0.3 is 9.47 Å². The first-order chi connectivity index (χ1) is 10.3. The monoisotopic (exact) mass is 314 g/mol. The Bertz CT molecular complexity index is 666. The van der Waals surface area contributed by atoms with Crippen molar-refractivity contribution in [1.82, 2.24) is 0 Å². The largest absolute Gasteiger partial charge is 0.467 e. The summed E-state index contributed by atoms with van der Waals surface area (Å²) in [5.41, 5.74) is -1.99. The molecule has 0 aromatic heterocycles. The molecule has 1 aromatic rings. The van der Waals surface area contributed by atoms with Crippen LogP contribution in [0.3, 0.4) is 0 Å². The van der Waals surface area contributed by atoms with E-state index in [2.05, 4.69) is 9.47 Å². The van der Waals surface area contributed by atoms with Crippen LogP contribution in [0.2, 0.25) is 0 Å². The number of alkyl halides is 3. The third-order valence-corrected chi connectivity index (χ3v) is 3.05. The molecule has 0 bridgehead atoms. The summed E-state index contributed by atoms with van der Waals surface area (Å²) in [5, 5.41) is 8.74. The van der Waals surface area contributed by atoms with Crippen LogP contribution >= 0.6 is 0 Å². The molecule has 0 radical (unpaired) electrons. The SMILES string of the molecule is COC(=O)[C@H]1COC(=O)N1c1ccc(C#N)c(C(F)(F)F)c1. The van der Waals surface area contributed by atoms with E-state index in [4.69, 9.17) is 5.26 Å². The Morgan fingerprint density at radius 2 is 2.18 bits per heavy atom. The van der Waals surface area contributed by atoms with E-state index in [1.165, 1.54) is 6.07 Å². The summed E-state index contributed by atoms with van der Waals surface area (Å²) in [7, 11) is 1.09. The van der Waals surface area contributed by atoms with Crippen LogP contribution in [0, 0.1) is 11.3 Å². The first-order valence-corrected chi connectivity index (χ1v) is 5.94. The van der Waals surface area contributed by atoms with Gasteiger partial charge in [-0.15, -0.1) is 0 Å². The van der Waals surface area contributed by atoms with Crippen molar-refractivity contribution in [2.45, 2.75) is 12.2 Å². The van der Waals surface area contributed by atoms with Gasteiger partial charge in [-0.05, 0) is 18.2 Å². The summed E-state index contributed by atoms with van der Waals surface area (Å²) in [5.74, 6) is -0.816. The number of carbonyl (C=O) groups excluding carboxylic acids is 2. The fraction of sp³-hybridized carbons (Fsp3) is 0.308. The van der Waals surface area contributed by atoms with E-state index in [0.29, 0.717) is 6.07 Å². The number of hydrogen-bond donors (Lipinski definition) is 0. The molecule has 9 heteroatoms. The zero-order valence-corrected chi connectivity index (χ0v) is 11.2. The van der Waals surface area contributed by atoms with E-state index in [0.717, 1.165) is 24.1 Å². The molecule has 1 atom stereocenters. The van der Waals surface area contributed by atoms with E-state index in [1.54, 1.807) is 0 Å². The van der Waals surface area contributed by atoms with Crippen molar-refractivity contribution in [3.8, 4) is 6.07 Å². The summed E-state index contributed by atoms with van der Waals surface area (Å²) in [6, 6.07) is 2.95. The number of hydrogen-bond acceptors (Lipinski definition) is 5. The Balaban J connectivity index is 2.50. The molecule has 1 fully saturated rings. The molecule has 0 saturated carbocycles. The van der Waals surface area contributed by atoms with E-state index >= 15 is 0 Å². The van der Waals surface area contributed by atoms with Gasteiger partial charge in [-0.25, -0.2) is 9.59 Å². The summed E-state index contributed by atoms with van der Waals surface area (Å²) in [6.45, 7) is -0.327. The van der Waals surface area contributed by atoms with Crippen LogP contribution in [0.15, 0.2) is 18.2 Å². The van der Waals surface area contributed by atoms with Crippen LogP contribution in [-0.4, -0.2) is 31.8 Å². The highest BCUT2D eigenvalue weighted by Crippen LogP contribution is 2.35. The highest BCUT2D eigenvalue weighted by atomic mass is 19.4. The van der Waals surface area contributed by atoms with Gasteiger partial charge in [0.25, 0.3) is 0 Å². The Morgan fingerprint density at radius 3 is 2.73 bits per heavy atom. The quantitative estimate of drug-likeness (QED) is 0.781. The van der Waals surface area contributed by atoms with Crippen molar-refractivity contribution in [2.75, 3.05) is 18.6 Å². The van der Waals surface area contributed by atoms with Gasteiger partial charge in [0, 0.05) is 5.69 Å². The molecule has 1 amide bonds. The average Bonchev–Trinajstić information content (AvgIpc) is 2.86. The van der Waals surface area contributed by atoms with Gasteiger partial charge in [0.05, 0.1) is 24.3 Å². The molecule has 1 aliphatic rings. The summed E-state index contributed by atoms with van der Waals surface area (Å²) in [4.78, 5) is 24.0. The predicted octanol–water partition coefficient (Wildman–Crippen LogP) is 2.08. The van der Waals surface area contributed by atoms with Crippen molar-refractivity contribution in [3.05, 3.63) is 29.3 Å². The second-order valence-electron chi connectivity index (χ2n) is 4.33. The molecule has 1 saturated heterocycles. The van der Waals surface area contributed by atoms with E-state index in [1.807, 2.05) is 0 Å². The minimum atomic E-state index is -4.77. The third-order valence-electron chi connectivity index (χ3n) is 3.05. The summed E-state index contributed by atoms with van der Waals surface area (Å²) < 4.78 is 48.0. The van der Waals surface area contributed by atoms with Crippen molar-refractivity contribution in [2.24, 2.45) is 0 Å². The van der Waals surface area contributed by atoms with Gasteiger partial charge in [-0.2, -0.15) is 18.4 Å². The molecular formula is C13H9F3N2O4. The van der Waals surface area contributed by atoms with Crippen LogP contribution < -0.4 is 4.90 Å². The fourth-order valence-electron chi connectivity index (χ4n) is 2.03. The number of anilines is 1. The number of ether oxygens (including phenoxy) is 2. The number of benzene rings is 1. The van der Waals surface area contributed by atoms with E-state index in [9.17, 15) is 22.8 Å². The molecule has 0 spiro atoms. The van der Waals surface area contributed by atoms with Gasteiger partial charge in [0.15, 0.2) is 6.04 Å². The molecule has 22 heavy (non-hydrogen) atoms. The van der Waals surface area contributed by atoms with E-state index in [-0.39, 0.29) is 12.3 Å². The number of halogens is 3. The first kappa shape index (κ1) is 15.6. The normalized spacial score (nSPS) is 17.9. The first-order valence-electron chi connectivity index (χ1n) is 5.94. The van der Waals surface area contributed by atoms with Gasteiger partial charge >= 0.3 is 18.2 Å². The van der Waals surface area contributed by atoms with Crippen molar-refractivity contribution >= 4 is 17.7 Å². The molecule has 0 aliphatic carbocycles. The van der Waals surface area contributed by atoms with Gasteiger partial charge in [-0.3, -0.25) is 4.90 Å². The maximum atomic E-state index is 12.9. The number of carbonyl (C=O) groups is 2. The fourth-order valence-corrected chi connectivity index (χ4v) is 2.03. The number of rotatable bonds is 2. The molecule has 1 heterocycles. The zero-order chi connectivity index (χ0) is 16.5. The minimum absolute atomic E-state index is 0.204. The van der Waals surface area contributed by atoms with Gasteiger partial charge in [0.2, 0.25) is 0 Å². The van der Waals surface area contributed by atoms with Crippen LogP contribution in [0.4, 0.5) is 23.7 Å². The zero-order valence-electron chi connectivity index (χ0n) is 11.2. The lowest BCUT2D eigenvalue weighted by Crippen LogP contribution is -2.40. The second kappa shape index (κ2) is 5.55. The molecule has 2 rings (SSSR count). The highest BCUT2D eigenvalue weighted by Gasteiger charge is 2.41. The molecule has 0 unspecified atom stereocenters. The smallest absolute Gasteiger partial charge is 0.417 e. The lowest BCUT2D eigenvalue weighted by Gasteiger charge is -2.21. The van der Waals surface area contributed by atoms with Crippen LogP contribution in [-0.2, 0) is 20.4 Å². The predicted molar refractivity (Wildman–Crippen MR) is 65.8 cm³/mol. The van der Waals surface area contributed by atoms with Crippen LogP contribution in [0.1, 0.15) is 11.1 Å². The van der Waals surface area contributed by atoms with Gasteiger partial charge in [-0.1, -0.05) is 0 Å². The maximum absolute atomic E-state index is 12.9. The standard InChI is InChI=1S/C13H9F3N2O4/c1-21-11(19)10-6-22-12(20)18(10)8-3-2-7(5-17)9(4-8)13(14,15)16/h2-4,10H,6H2,1H3/t10-/m1/s1. The van der Waals surface area contributed by atoms with Crippen LogP contribution in [0.25, 0.3) is 0 Å². The Kier molecular flexibility index (Phi) is 3.95. The molecule has 1 aliphatic heterocycles. The molecule has 6 nitrogen and oxygen atoms in total. The molecule has 0 N–H and O–H groups in total. The number of esters is 1. The number of methoxy groups -OCH3 is 1. The topological polar surface area (TPSA) is 79.6 Å². The van der Waals surface area contributed by atoms with E-state index < -0.39 is 35.4 Å². The average molecular weight is 314 g/mol. The molecule has 1 aromatic carbocycles. The second-order valence-corrected chi connectivity index (χ2v) is 4.33. The number of nitrogens with zero attached hydrogens (tertiary/aromatic N) is 2. The number of amides is 1. The summed E-state index contributed by atoms with van der Waals surface area (Å²) in [6.07, 6.45) is -5.74. The Morgan fingerprint density at radius 1 is 1.50 bits per heavy atom. The number of nitriles is 1. The Hall–Kier alpha value is -2.76. The third kappa shape index (κ3) is 2.67. The number of cyclic esters (lactones) is 1. The highest BCUT2D eigenvalue weighted by molar-refractivity contribution is 5.98.